The highest BCUT2D eigenvalue weighted by atomic mass is 35.5. The molecule has 0 saturated carbocycles. The van der Waals surface area contributed by atoms with Crippen molar-refractivity contribution in [3.8, 4) is 0 Å². The highest BCUT2D eigenvalue weighted by Crippen LogP contribution is 2.36. The molecule has 0 aliphatic carbocycles. The summed E-state index contributed by atoms with van der Waals surface area (Å²) in [6.45, 7) is 0. The Labute approximate surface area is 113 Å². The lowest BCUT2D eigenvalue weighted by molar-refractivity contribution is 0.148. The fourth-order valence-electron chi connectivity index (χ4n) is 1.46. The molecule has 2 rings (SSSR count). The zero-order valence-electron chi connectivity index (χ0n) is 9.24. The minimum Gasteiger partial charge on any atom is -0.399 e. The third-order valence-electron chi connectivity index (χ3n) is 2.31. The lowest BCUT2D eigenvalue weighted by Gasteiger charge is -2.09. The van der Waals surface area contributed by atoms with Crippen LogP contribution in [-0.2, 0) is 0 Å². The molecule has 0 bridgehead atoms. The first-order chi connectivity index (χ1) is 8.56. The lowest BCUT2D eigenvalue weighted by atomic mass is 10.2. The minimum absolute atomic E-state index is 0.0463. The summed E-state index contributed by atoms with van der Waals surface area (Å²) in [5, 5.41) is 0.616. The molecule has 18 heavy (non-hydrogen) atoms. The van der Waals surface area contributed by atoms with Gasteiger partial charge in [0.25, 0.3) is 6.43 Å². The van der Waals surface area contributed by atoms with Crippen molar-refractivity contribution >= 4 is 29.1 Å². The van der Waals surface area contributed by atoms with Crippen molar-refractivity contribution in [2.75, 3.05) is 5.73 Å². The van der Waals surface area contributed by atoms with Crippen LogP contribution in [0.25, 0.3) is 0 Å². The van der Waals surface area contributed by atoms with Crippen molar-refractivity contribution in [3.63, 3.8) is 0 Å². The zero-order chi connectivity index (χ0) is 13.1. The van der Waals surface area contributed by atoms with Gasteiger partial charge in [-0.3, -0.25) is 0 Å². The predicted molar refractivity (Wildman–Crippen MR) is 71.4 cm³/mol. The number of nitrogens with two attached hydrogens (primary N) is 1. The van der Waals surface area contributed by atoms with Gasteiger partial charge in [0.05, 0.1) is 0 Å². The Balaban J connectivity index is 2.31. The monoisotopic (exact) mass is 285 g/mol. The number of rotatable bonds is 3. The molecule has 0 spiro atoms. The van der Waals surface area contributed by atoms with Gasteiger partial charge < -0.3 is 5.73 Å². The molecule has 5 heteroatoms. The molecular formula is C13H10ClF2NS. The van der Waals surface area contributed by atoms with Gasteiger partial charge in [0, 0.05) is 26.1 Å². The van der Waals surface area contributed by atoms with Crippen LogP contribution in [0.15, 0.2) is 52.3 Å². The van der Waals surface area contributed by atoms with Crippen LogP contribution in [0.2, 0.25) is 5.02 Å². The van der Waals surface area contributed by atoms with E-state index in [0.29, 0.717) is 15.6 Å². The van der Waals surface area contributed by atoms with Crippen LogP contribution < -0.4 is 5.73 Å². The first kappa shape index (κ1) is 13.2. The van der Waals surface area contributed by atoms with E-state index in [1.807, 2.05) is 0 Å². The van der Waals surface area contributed by atoms with Gasteiger partial charge in [-0.1, -0.05) is 23.4 Å². The van der Waals surface area contributed by atoms with Gasteiger partial charge in [-0.25, -0.2) is 8.78 Å². The summed E-state index contributed by atoms with van der Waals surface area (Å²) >= 11 is 7.04. The predicted octanol–water partition coefficient (Wildman–Crippen LogP) is 5.01. The summed E-state index contributed by atoms with van der Waals surface area (Å²) in [5.74, 6) is 0. The second-order valence-corrected chi connectivity index (χ2v) is 5.21. The molecule has 0 atom stereocenters. The molecule has 0 radical (unpaired) electrons. The van der Waals surface area contributed by atoms with E-state index in [4.69, 9.17) is 17.3 Å². The highest BCUT2D eigenvalue weighted by molar-refractivity contribution is 7.99. The summed E-state index contributed by atoms with van der Waals surface area (Å²) in [4.78, 5) is 1.35. The Hall–Kier alpha value is -1.26. The summed E-state index contributed by atoms with van der Waals surface area (Å²) < 4.78 is 25.8. The van der Waals surface area contributed by atoms with E-state index in [1.54, 1.807) is 36.4 Å². The van der Waals surface area contributed by atoms with E-state index in [2.05, 4.69) is 0 Å². The molecule has 0 unspecified atom stereocenters. The number of benzene rings is 2. The minimum atomic E-state index is -2.54. The smallest absolute Gasteiger partial charge is 0.265 e. The van der Waals surface area contributed by atoms with Crippen molar-refractivity contribution in [2.24, 2.45) is 0 Å². The molecule has 2 aromatic carbocycles. The lowest BCUT2D eigenvalue weighted by Crippen LogP contribution is -1.92. The SMILES string of the molecule is Nc1ccc(Sc2ccc(Cl)cc2)c(C(F)F)c1. The summed E-state index contributed by atoms with van der Waals surface area (Å²) in [6, 6.07) is 11.6. The summed E-state index contributed by atoms with van der Waals surface area (Å²) in [6.07, 6.45) is -2.54. The fraction of sp³-hybridized carbons (Fsp3) is 0.0769. The molecule has 0 heterocycles. The maximum absolute atomic E-state index is 12.9. The molecule has 0 fully saturated rings. The molecule has 0 aliphatic heterocycles. The van der Waals surface area contributed by atoms with E-state index >= 15 is 0 Å². The number of alkyl halides is 2. The number of nitrogen functional groups attached to an aromatic ring is 1. The number of hydrogen-bond acceptors (Lipinski definition) is 2. The van der Waals surface area contributed by atoms with Crippen LogP contribution >= 0.6 is 23.4 Å². The summed E-state index contributed by atoms with van der Waals surface area (Å²) in [5.41, 5.74) is 5.81. The molecular weight excluding hydrogens is 276 g/mol. The van der Waals surface area contributed by atoms with Crippen LogP contribution in [0.1, 0.15) is 12.0 Å². The van der Waals surface area contributed by atoms with Gasteiger partial charge in [-0.05, 0) is 42.5 Å². The second kappa shape index (κ2) is 5.59. The molecule has 1 nitrogen and oxygen atoms in total. The van der Waals surface area contributed by atoms with Crippen LogP contribution in [-0.4, -0.2) is 0 Å². The fourth-order valence-corrected chi connectivity index (χ4v) is 2.51. The van der Waals surface area contributed by atoms with Crippen LogP contribution in [0.3, 0.4) is 0 Å². The Kier molecular flexibility index (Phi) is 4.09. The van der Waals surface area contributed by atoms with E-state index < -0.39 is 6.43 Å². The van der Waals surface area contributed by atoms with Crippen molar-refractivity contribution in [1.82, 2.24) is 0 Å². The van der Waals surface area contributed by atoms with E-state index in [-0.39, 0.29) is 5.56 Å². The third-order valence-corrected chi connectivity index (χ3v) is 3.66. The maximum atomic E-state index is 12.9. The molecule has 0 amide bonds. The second-order valence-electron chi connectivity index (χ2n) is 3.65. The number of halogens is 3. The van der Waals surface area contributed by atoms with Gasteiger partial charge in [-0.2, -0.15) is 0 Å². The Morgan fingerprint density at radius 1 is 1.06 bits per heavy atom. The normalized spacial score (nSPS) is 10.9. The highest BCUT2D eigenvalue weighted by Gasteiger charge is 2.14. The van der Waals surface area contributed by atoms with Crippen molar-refractivity contribution in [3.05, 3.63) is 53.1 Å². The largest absolute Gasteiger partial charge is 0.399 e. The molecule has 0 aliphatic rings. The quantitative estimate of drug-likeness (QED) is 0.802. The van der Waals surface area contributed by atoms with E-state index in [1.165, 1.54) is 17.8 Å². The topological polar surface area (TPSA) is 26.0 Å². The first-order valence-electron chi connectivity index (χ1n) is 5.17. The van der Waals surface area contributed by atoms with Crippen molar-refractivity contribution in [1.29, 1.82) is 0 Å². The van der Waals surface area contributed by atoms with Gasteiger partial charge in [0.2, 0.25) is 0 Å². The van der Waals surface area contributed by atoms with Gasteiger partial charge in [0.1, 0.15) is 0 Å². The van der Waals surface area contributed by atoms with Crippen molar-refractivity contribution < 1.29 is 8.78 Å². The van der Waals surface area contributed by atoms with Gasteiger partial charge in [-0.15, -0.1) is 0 Å². The molecule has 2 aromatic rings. The van der Waals surface area contributed by atoms with Crippen LogP contribution in [0.5, 0.6) is 0 Å². The van der Waals surface area contributed by atoms with Gasteiger partial charge >= 0.3 is 0 Å². The van der Waals surface area contributed by atoms with Gasteiger partial charge in [0.15, 0.2) is 0 Å². The molecule has 0 aromatic heterocycles. The molecule has 2 N–H and O–H groups in total. The Morgan fingerprint density at radius 2 is 1.72 bits per heavy atom. The molecule has 0 saturated heterocycles. The van der Waals surface area contributed by atoms with Crippen LogP contribution in [0.4, 0.5) is 14.5 Å². The first-order valence-corrected chi connectivity index (χ1v) is 6.36. The standard InChI is InChI=1S/C13H10ClF2NS/c14-8-1-4-10(5-2-8)18-12-6-3-9(17)7-11(12)13(15)16/h1-7,13H,17H2. The third kappa shape index (κ3) is 3.15. The molecule has 94 valence electrons. The number of hydrogen-bond donors (Lipinski definition) is 1. The van der Waals surface area contributed by atoms with E-state index in [9.17, 15) is 8.78 Å². The Morgan fingerprint density at radius 3 is 2.33 bits per heavy atom. The number of anilines is 1. The Bertz CT molecular complexity index is 543. The van der Waals surface area contributed by atoms with Crippen molar-refractivity contribution in [2.45, 2.75) is 16.2 Å². The average molecular weight is 286 g/mol. The zero-order valence-corrected chi connectivity index (χ0v) is 10.8. The van der Waals surface area contributed by atoms with Crippen LogP contribution in [0, 0.1) is 0 Å². The maximum Gasteiger partial charge on any atom is 0.265 e. The average Bonchev–Trinajstić information content (AvgIpc) is 2.34. The van der Waals surface area contributed by atoms with E-state index in [0.717, 1.165) is 4.90 Å². The summed E-state index contributed by atoms with van der Waals surface area (Å²) in [7, 11) is 0.